The first kappa shape index (κ1) is 27.8. The first-order valence-electron chi connectivity index (χ1n) is 12.9. The van der Waals surface area contributed by atoms with E-state index in [2.05, 4.69) is 10.3 Å². The van der Waals surface area contributed by atoms with Gasteiger partial charge in [-0.05, 0) is 55.7 Å². The number of para-hydroxylation sites is 1. The molecular weight excluding hydrogens is 500 g/mol. The number of ether oxygens (including phenoxy) is 2. The molecule has 0 spiro atoms. The van der Waals surface area contributed by atoms with Crippen molar-refractivity contribution in [2.75, 3.05) is 19.7 Å². The molecule has 1 unspecified atom stereocenters. The number of hydroxylamine groups is 1. The van der Waals surface area contributed by atoms with Crippen molar-refractivity contribution in [1.29, 1.82) is 0 Å². The molecule has 2 aromatic carbocycles. The topological polar surface area (TPSA) is 130 Å². The van der Waals surface area contributed by atoms with E-state index in [-0.39, 0.29) is 25.5 Å². The standard InChI is InChI=1S/C29H34N4O6/c1-19(2)16-39-28(36)33-13-12-29(18-33,15-26(34)32-37)31-27(35)21-8-10-23(11-9-21)38-17-22-14-20(3)30-25-7-5-4-6-24(22)25/h4-11,14,19,37H,12-13,15-18H2,1-3H3,(H,31,35)(H,32,34). The van der Waals surface area contributed by atoms with Gasteiger partial charge in [-0.1, -0.05) is 32.0 Å². The van der Waals surface area contributed by atoms with Gasteiger partial charge in [0, 0.05) is 35.3 Å². The molecular formula is C29H34N4O6. The molecule has 3 amide bonds. The zero-order valence-electron chi connectivity index (χ0n) is 22.4. The number of nitrogens with one attached hydrogen (secondary N) is 2. The van der Waals surface area contributed by atoms with Crippen LogP contribution in [0.1, 0.15) is 48.3 Å². The van der Waals surface area contributed by atoms with Crippen molar-refractivity contribution in [1.82, 2.24) is 20.7 Å². The summed E-state index contributed by atoms with van der Waals surface area (Å²) < 4.78 is 11.3. The zero-order valence-corrected chi connectivity index (χ0v) is 22.4. The summed E-state index contributed by atoms with van der Waals surface area (Å²) >= 11 is 0. The molecule has 3 aromatic rings. The largest absolute Gasteiger partial charge is 0.489 e. The number of aryl methyl sites for hydroxylation is 1. The zero-order chi connectivity index (χ0) is 28.0. The lowest BCUT2D eigenvalue weighted by Crippen LogP contribution is -2.53. The number of hydrogen-bond donors (Lipinski definition) is 3. The van der Waals surface area contributed by atoms with Crippen LogP contribution >= 0.6 is 0 Å². The number of aromatic nitrogens is 1. The quantitative estimate of drug-likeness (QED) is 0.280. The molecule has 39 heavy (non-hydrogen) atoms. The summed E-state index contributed by atoms with van der Waals surface area (Å²) in [6.45, 7) is 6.83. The minimum atomic E-state index is -1.05. The number of hydrogen-bond acceptors (Lipinski definition) is 7. The van der Waals surface area contributed by atoms with E-state index in [0.717, 1.165) is 22.2 Å². The fraction of sp³-hybridized carbons (Fsp3) is 0.379. The van der Waals surface area contributed by atoms with Crippen molar-refractivity contribution in [3.8, 4) is 5.75 Å². The van der Waals surface area contributed by atoms with Gasteiger partial charge >= 0.3 is 6.09 Å². The summed E-state index contributed by atoms with van der Waals surface area (Å²) in [6, 6.07) is 16.6. The predicted molar refractivity (Wildman–Crippen MR) is 144 cm³/mol. The second-order valence-electron chi connectivity index (χ2n) is 10.3. The molecule has 0 radical (unpaired) electrons. The number of amides is 3. The molecule has 3 N–H and O–H groups in total. The maximum absolute atomic E-state index is 13.2. The predicted octanol–water partition coefficient (Wildman–Crippen LogP) is 3.98. The molecule has 206 valence electrons. The van der Waals surface area contributed by atoms with E-state index in [1.165, 1.54) is 4.90 Å². The van der Waals surface area contributed by atoms with Crippen LogP contribution in [0, 0.1) is 12.8 Å². The van der Waals surface area contributed by atoms with Gasteiger partial charge < -0.3 is 19.7 Å². The maximum atomic E-state index is 13.2. The highest BCUT2D eigenvalue weighted by atomic mass is 16.6. The molecule has 0 aliphatic carbocycles. The molecule has 2 heterocycles. The summed E-state index contributed by atoms with van der Waals surface area (Å²) in [6.07, 6.45) is -0.351. The highest BCUT2D eigenvalue weighted by molar-refractivity contribution is 5.95. The Bertz CT molecular complexity index is 1340. The van der Waals surface area contributed by atoms with Gasteiger partial charge in [-0.2, -0.15) is 0 Å². The van der Waals surface area contributed by atoms with Crippen LogP contribution in [0.5, 0.6) is 5.75 Å². The van der Waals surface area contributed by atoms with Crippen molar-refractivity contribution >= 4 is 28.8 Å². The second-order valence-corrected chi connectivity index (χ2v) is 10.3. The smallest absolute Gasteiger partial charge is 0.409 e. The molecule has 1 aromatic heterocycles. The first-order chi connectivity index (χ1) is 18.7. The van der Waals surface area contributed by atoms with Gasteiger partial charge in [-0.3, -0.25) is 19.8 Å². The second kappa shape index (κ2) is 12.1. The van der Waals surface area contributed by atoms with Crippen molar-refractivity contribution < 1.29 is 29.1 Å². The van der Waals surface area contributed by atoms with Gasteiger partial charge in [-0.25, -0.2) is 10.3 Å². The van der Waals surface area contributed by atoms with Gasteiger partial charge in [0.05, 0.1) is 24.1 Å². The van der Waals surface area contributed by atoms with Crippen molar-refractivity contribution in [3.63, 3.8) is 0 Å². The SMILES string of the molecule is Cc1cc(COc2ccc(C(=O)NC3(CC(=O)NO)CCN(C(=O)OCC(C)C)C3)cc2)c2ccccc2n1. The molecule has 10 heteroatoms. The van der Waals surface area contributed by atoms with Crippen LogP contribution in [-0.4, -0.2) is 58.2 Å². The Hall–Kier alpha value is -4.18. The summed E-state index contributed by atoms with van der Waals surface area (Å²) in [5.41, 5.74) is 3.77. The first-order valence-corrected chi connectivity index (χ1v) is 12.9. The van der Waals surface area contributed by atoms with E-state index in [4.69, 9.17) is 14.7 Å². The monoisotopic (exact) mass is 534 g/mol. The average Bonchev–Trinajstić information content (AvgIpc) is 3.33. The van der Waals surface area contributed by atoms with Crippen LogP contribution < -0.4 is 15.5 Å². The molecule has 1 aliphatic heterocycles. The Morgan fingerprint density at radius 1 is 1.13 bits per heavy atom. The fourth-order valence-corrected chi connectivity index (χ4v) is 4.69. The Labute approximate surface area is 227 Å². The van der Waals surface area contributed by atoms with Gasteiger partial charge in [0.25, 0.3) is 5.91 Å². The Kier molecular flexibility index (Phi) is 8.65. The average molecular weight is 535 g/mol. The van der Waals surface area contributed by atoms with Crippen LogP contribution in [0.2, 0.25) is 0 Å². The summed E-state index contributed by atoms with van der Waals surface area (Å²) in [5, 5.41) is 13.0. The van der Waals surface area contributed by atoms with E-state index in [0.29, 0.717) is 30.9 Å². The third-order valence-corrected chi connectivity index (χ3v) is 6.60. The molecule has 1 aliphatic rings. The van der Waals surface area contributed by atoms with Gasteiger partial charge in [-0.15, -0.1) is 0 Å². The number of fused-ring (bicyclic) bond motifs is 1. The lowest BCUT2D eigenvalue weighted by Gasteiger charge is -2.29. The van der Waals surface area contributed by atoms with E-state index in [1.807, 2.05) is 51.1 Å². The Balaban J connectivity index is 1.41. The minimum absolute atomic E-state index is 0.0869. The summed E-state index contributed by atoms with van der Waals surface area (Å²) in [5.74, 6) is -0.281. The third-order valence-electron chi connectivity index (χ3n) is 6.60. The number of pyridine rings is 1. The molecule has 4 rings (SSSR count). The number of benzene rings is 2. The van der Waals surface area contributed by atoms with Crippen LogP contribution in [0.4, 0.5) is 4.79 Å². The lowest BCUT2D eigenvalue weighted by molar-refractivity contribution is -0.130. The molecule has 1 atom stereocenters. The van der Waals surface area contributed by atoms with Crippen LogP contribution in [0.25, 0.3) is 10.9 Å². The number of likely N-dealkylation sites (tertiary alicyclic amines) is 1. The highest BCUT2D eigenvalue weighted by Crippen LogP contribution is 2.27. The van der Waals surface area contributed by atoms with Crippen molar-refractivity contribution in [3.05, 3.63) is 71.4 Å². The maximum Gasteiger partial charge on any atom is 0.409 e. The summed E-state index contributed by atoms with van der Waals surface area (Å²) in [7, 11) is 0. The molecule has 1 saturated heterocycles. The van der Waals surface area contributed by atoms with Crippen molar-refractivity contribution in [2.45, 2.75) is 45.8 Å². The van der Waals surface area contributed by atoms with E-state index < -0.39 is 23.4 Å². The minimum Gasteiger partial charge on any atom is -0.489 e. The van der Waals surface area contributed by atoms with Crippen LogP contribution in [-0.2, 0) is 16.1 Å². The van der Waals surface area contributed by atoms with Crippen LogP contribution in [0.15, 0.2) is 54.6 Å². The van der Waals surface area contributed by atoms with E-state index >= 15 is 0 Å². The number of nitrogens with zero attached hydrogens (tertiary/aromatic N) is 2. The number of carbonyl (C=O) groups is 3. The molecule has 0 saturated carbocycles. The number of carbonyl (C=O) groups excluding carboxylic acids is 3. The Morgan fingerprint density at radius 2 is 1.87 bits per heavy atom. The van der Waals surface area contributed by atoms with E-state index in [1.54, 1.807) is 29.7 Å². The number of rotatable bonds is 9. The van der Waals surface area contributed by atoms with Gasteiger partial charge in [0.15, 0.2) is 0 Å². The lowest BCUT2D eigenvalue weighted by atomic mass is 9.93. The molecule has 10 nitrogen and oxygen atoms in total. The third kappa shape index (κ3) is 7.02. The fourth-order valence-electron chi connectivity index (χ4n) is 4.69. The van der Waals surface area contributed by atoms with Crippen molar-refractivity contribution in [2.24, 2.45) is 5.92 Å². The molecule has 0 bridgehead atoms. The van der Waals surface area contributed by atoms with Crippen LogP contribution in [0.3, 0.4) is 0 Å². The molecule has 1 fully saturated rings. The highest BCUT2D eigenvalue weighted by Gasteiger charge is 2.43. The van der Waals surface area contributed by atoms with Gasteiger partial charge in [0.2, 0.25) is 5.91 Å². The Morgan fingerprint density at radius 3 is 2.59 bits per heavy atom. The van der Waals surface area contributed by atoms with E-state index in [9.17, 15) is 14.4 Å². The normalized spacial score (nSPS) is 16.8. The summed E-state index contributed by atoms with van der Waals surface area (Å²) in [4.78, 5) is 43.7. The van der Waals surface area contributed by atoms with Gasteiger partial charge in [0.1, 0.15) is 12.4 Å².